The molecular formula is C20H32N8O5S2. The maximum atomic E-state index is 13.0. The number of imidazole rings is 1. The summed E-state index contributed by atoms with van der Waals surface area (Å²) in [4.78, 5) is 70.0. The van der Waals surface area contributed by atoms with E-state index in [1.807, 2.05) is 0 Å². The Hall–Kier alpha value is -2.78. The highest BCUT2D eigenvalue weighted by molar-refractivity contribution is 8.76. The van der Waals surface area contributed by atoms with Crippen LogP contribution in [0.5, 0.6) is 0 Å². The Morgan fingerprint density at radius 1 is 1.03 bits per heavy atom. The van der Waals surface area contributed by atoms with Crippen molar-refractivity contribution in [3.8, 4) is 0 Å². The number of H-pyrrole nitrogens is 1. The first kappa shape index (κ1) is 28.5. The first-order valence-corrected chi connectivity index (χ1v) is 13.5. The third kappa shape index (κ3) is 8.74. The van der Waals surface area contributed by atoms with Gasteiger partial charge in [-0.05, 0) is 12.8 Å². The number of nitrogens with two attached hydrogens (primary N) is 2. The molecule has 0 aromatic carbocycles. The molecule has 15 heteroatoms. The van der Waals surface area contributed by atoms with Crippen LogP contribution in [0, 0.1) is 5.92 Å². The van der Waals surface area contributed by atoms with Gasteiger partial charge in [0.15, 0.2) is 0 Å². The molecule has 5 amide bonds. The van der Waals surface area contributed by atoms with Crippen molar-refractivity contribution in [1.82, 2.24) is 31.2 Å². The van der Waals surface area contributed by atoms with Gasteiger partial charge in [-0.1, -0.05) is 35.4 Å². The number of aromatic amines is 1. The topological polar surface area (TPSA) is 214 Å². The van der Waals surface area contributed by atoms with Crippen molar-refractivity contribution in [2.45, 2.75) is 57.4 Å². The second-order valence-electron chi connectivity index (χ2n) is 8.40. The molecular weight excluding hydrogens is 496 g/mol. The molecule has 9 N–H and O–H groups in total. The monoisotopic (exact) mass is 528 g/mol. The molecule has 0 radical (unpaired) electrons. The van der Waals surface area contributed by atoms with E-state index in [9.17, 15) is 24.0 Å². The third-order valence-electron chi connectivity index (χ3n) is 5.15. The molecule has 13 nitrogen and oxygen atoms in total. The second-order valence-corrected chi connectivity index (χ2v) is 11.0. The molecule has 1 aromatic rings. The van der Waals surface area contributed by atoms with Crippen molar-refractivity contribution >= 4 is 51.1 Å². The molecule has 0 spiro atoms. The lowest BCUT2D eigenvalue weighted by atomic mass is 10.0. The lowest BCUT2D eigenvalue weighted by molar-refractivity contribution is -0.134. The molecule has 1 saturated heterocycles. The van der Waals surface area contributed by atoms with Crippen molar-refractivity contribution in [1.29, 1.82) is 0 Å². The molecule has 2 heterocycles. The van der Waals surface area contributed by atoms with Crippen molar-refractivity contribution in [3.05, 3.63) is 18.2 Å². The Labute approximate surface area is 210 Å². The molecule has 1 aliphatic rings. The number of aromatic nitrogens is 2. The average Bonchev–Trinajstić information content (AvgIpc) is 3.30. The summed E-state index contributed by atoms with van der Waals surface area (Å²) in [6.45, 7) is 4.92. The van der Waals surface area contributed by atoms with Crippen LogP contribution in [-0.4, -0.2) is 81.2 Å². The van der Waals surface area contributed by atoms with Gasteiger partial charge in [0.2, 0.25) is 29.5 Å². The minimum absolute atomic E-state index is 0.0465. The van der Waals surface area contributed by atoms with Crippen molar-refractivity contribution in [2.24, 2.45) is 17.4 Å². The van der Waals surface area contributed by atoms with Gasteiger partial charge < -0.3 is 37.7 Å². The number of nitrogens with one attached hydrogen (secondary N) is 5. The van der Waals surface area contributed by atoms with E-state index in [0.717, 1.165) is 0 Å². The summed E-state index contributed by atoms with van der Waals surface area (Å²) in [5.74, 6) is -2.65. The van der Waals surface area contributed by atoms with Gasteiger partial charge in [-0.3, -0.25) is 24.0 Å². The number of primary amides is 1. The summed E-state index contributed by atoms with van der Waals surface area (Å²) in [6.07, 6.45) is 3.14. The van der Waals surface area contributed by atoms with Crippen LogP contribution in [0.3, 0.4) is 0 Å². The van der Waals surface area contributed by atoms with Crippen LogP contribution in [-0.2, 0) is 30.4 Å². The van der Waals surface area contributed by atoms with Gasteiger partial charge in [0, 0.05) is 30.3 Å². The van der Waals surface area contributed by atoms with Crippen molar-refractivity contribution < 1.29 is 24.0 Å². The van der Waals surface area contributed by atoms with Gasteiger partial charge in [-0.15, -0.1) is 0 Å². The predicted octanol–water partition coefficient (Wildman–Crippen LogP) is -2.23. The molecule has 1 fully saturated rings. The Balaban J connectivity index is 2.28. The fourth-order valence-electron chi connectivity index (χ4n) is 3.05. The number of rotatable bonds is 4. The van der Waals surface area contributed by atoms with Crippen LogP contribution in [0.1, 0.15) is 26.6 Å². The summed E-state index contributed by atoms with van der Waals surface area (Å²) in [5, 5.41) is 10.4. The van der Waals surface area contributed by atoms with Crippen LogP contribution in [0.4, 0.5) is 0 Å². The zero-order valence-corrected chi connectivity index (χ0v) is 21.3. The highest BCUT2D eigenvalue weighted by Gasteiger charge is 2.32. The fourth-order valence-corrected chi connectivity index (χ4v) is 5.35. The number of hydrogen-bond acceptors (Lipinski definition) is 9. The van der Waals surface area contributed by atoms with Crippen LogP contribution in [0.15, 0.2) is 12.4 Å². The molecule has 1 aromatic heterocycles. The summed E-state index contributed by atoms with van der Waals surface area (Å²) < 4.78 is 0. The van der Waals surface area contributed by atoms with Gasteiger partial charge >= 0.3 is 0 Å². The first-order chi connectivity index (χ1) is 16.5. The van der Waals surface area contributed by atoms with E-state index >= 15 is 0 Å². The number of hydrogen-bond donors (Lipinski definition) is 7. The smallest absolute Gasteiger partial charge is 0.243 e. The summed E-state index contributed by atoms with van der Waals surface area (Å²) >= 11 is 0. The van der Waals surface area contributed by atoms with Gasteiger partial charge in [0.05, 0.1) is 6.04 Å². The number of amides is 5. The van der Waals surface area contributed by atoms with E-state index in [0.29, 0.717) is 5.82 Å². The second kappa shape index (κ2) is 13.3. The standard InChI is InChI=1S/C20H32N8O5S2/c1-9(2)15-20(33)27-13(16(22)29)8-35-34-7-11(21)18(31)26-12(6-14-23-4-5-24-14)19(32)25-10(3)17(30)28-15/h4-5,9-13,15H,6-8,21H2,1-3H3,(H2,22,29)(H,23,24)(H,25,32)(H,26,31)(H,27,33)(H,28,30)/t10-,11-,12-,13-,15-/m0/s1. The van der Waals surface area contributed by atoms with Crippen molar-refractivity contribution in [2.75, 3.05) is 11.5 Å². The van der Waals surface area contributed by atoms with E-state index in [-0.39, 0.29) is 23.8 Å². The lowest BCUT2D eigenvalue weighted by Crippen LogP contribution is -2.59. The zero-order valence-electron chi connectivity index (χ0n) is 19.7. The van der Waals surface area contributed by atoms with E-state index < -0.39 is 59.7 Å². The van der Waals surface area contributed by atoms with E-state index in [1.165, 1.54) is 34.7 Å². The molecule has 0 saturated carbocycles. The van der Waals surface area contributed by atoms with Crippen molar-refractivity contribution in [3.63, 3.8) is 0 Å². The average molecular weight is 529 g/mol. The minimum atomic E-state index is -1.05. The van der Waals surface area contributed by atoms with Crippen LogP contribution in [0.25, 0.3) is 0 Å². The largest absolute Gasteiger partial charge is 0.368 e. The van der Waals surface area contributed by atoms with Gasteiger partial charge in [-0.25, -0.2) is 4.98 Å². The van der Waals surface area contributed by atoms with Crippen LogP contribution < -0.4 is 32.7 Å². The summed E-state index contributed by atoms with van der Waals surface area (Å²) in [5.41, 5.74) is 11.4. The van der Waals surface area contributed by atoms with E-state index in [2.05, 4.69) is 31.2 Å². The van der Waals surface area contributed by atoms with Gasteiger partial charge in [0.25, 0.3) is 0 Å². The summed E-state index contributed by atoms with van der Waals surface area (Å²) in [6, 6.07) is -5.00. The zero-order chi connectivity index (χ0) is 26.1. The van der Waals surface area contributed by atoms with Crippen LogP contribution in [0.2, 0.25) is 0 Å². The van der Waals surface area contributed by atoms with Gasteiger partial charge in [0.1, 0.15) is 30.0 Å². The molecule has 1 aliphatic heterocycles. The quantitative estimate of drug-likeness (QED) is 0.210. The highest BCUT2D eigenvalue weighted by Crippen LogP contribution is 2.23. The minimum Gasteiger partial charge on any atom is -0.368 e. The molecule has 194 valence electrons. The fraction of sp³-hybridized carbons (Fsp3) is 0.600. The Morgan fingerprint density at radius 2 is 1.71 bits per heavy atom. The third-order valence-corrected chi connectivity index (χ3v) is 7.59. The molecule has 2 rings (SSSR count). The molecule has 0 bridgehead atoms. The summed E-state index contributed by atoms with van der Waals surface area (Å²) in [7, 11) is 2.44. The van der Waals surface area contributed by atoms with Crippen LogP contribution >= 0.6 is 21.6 Å². The maximum absolute atomic E-state index is 13.0. The molecule has 5 atom stereocenters. The predicted molar refractivity (Wildman–Crippen MR) is 133 cm³/mol. The lowest BCUT2D eigenvalue weighted by Gasteiger charge is -2.26. The molecule has 35 heavy (non-hydrogen) atoms. The highest BCUT2D eigenvalue weighted by atomic mass is 33.1. The first-order valence-electron chi connectivity index (χ1n) is 11.0. The molecule has 0 aliphatic carbocycles. The normalized spacial score (nSPS) is 27.9. The maximum Gasteiger partial charge on any atom is 0.243 e. The van der Waals surface area contributed by atoms with E-state index in [1.54, 1.807) is 20.0 Å². The number of carbonyl (C=O) groups is 5. The Kier molecular flexibility index (Phi) is 10.9. The van der Waals surface area contributed by atoms with E-state index in [4.69, 9.17) is 11.5 Å². The molecule has 0 unspecified atom stereocenters. The van der Waals surface area contributed by atoms with Gasteiger partial charge in [-0.2, -0.15) is 0 Å². The SMILES string of the molecule is CC(C)[C@@H]1NC(=O)[C@H](C)NC(=O)[C@H](Cc2ncc[nH]2)NC(=O)[C@@H](N)CSSC[C@@H](C(N)=O)NC1=O. The number of nitrogens with zero attached hydrogens (tertiary/aromatic N) is 1. The number of carbonyl (C=O) groups excluding carboxylic acids is 5. The Morgan fingerprint density at radius 3 is 2.31 bits per heavy atom. The Bertz CT molecular complexity index is 913.